The van der Waals surface area contributed by atoms with E-state index in [-0.39, 0.29) is 12.5 Å². The van der Waals surface area contributed by atoms with Crippen molar-refractivity contribution in [2.24, 2.45) is 0 Å². The minimum Gasteiger partial charge on any atom is -0.358 e. The molecule has 0 bridgehead atoms. The van der Waals surface area contributed by atoms with Crippen LogP contribution < -0.4 is 16.0 Å². The maximum atomic E-state index is 13.5. The number of amides is 1. The molecule has 0 aliphatic carbocycles. The fourth-order valence-electron chi connectivity index (χ4n) is 4.30. The minimum atomic E-state index is -4.43. The molecular weight excluding hydrogens is 579 g/mol. The molecule has 220 valence electrons. The summed E-state index contributed by atoms with van der Waals surface area (Å²) in [6.45, 7) is 0.467. The largest absolute Gasteiger partial charge is 0.416 e. The van der Waals surface area contributed by atoms with Crippen molar-refractivity contribution in [3.63, 3.8) is 0 Å². The second-order valence-corrected chi connectivity index (χ2v) is 10.1. The summed E-state index contributed by atoms with van der Waals surface area (Å²) in [5.41, 5.74) is 1.64. The van der Waals surface area contributed by atoms with Crippen LogP contribution in [0.15, 0.2) is 104 Å². The monoisotopic (exact) mass is 605 g/mol. The highest BCUT2D eigenvalue weighted by molar-refractivity contribution is 6.30. The second kappa shape index (κ2) is 13.4. The molecule has 3 N–H and O–H groups in total. The molecule has 8 nitrogen and oxygen atoms in total. The van der Waals surface area contributed by atoms with Crippen LogP contribution in [0.2, 0.25) is 5.02 Å². The van der Waals surface area contributed by atoms with Crippen LogP contribution in [0.5, 0.6) is 0 Å². The van der Waals surface area contributed by atoms with E-state index in [0.29, 0.717) is 41.1 Å². The van der Waals surface area contributed by atoms with Crippen LogP contribution in [0.25, 0.3) is 5.82 Å². The van der Waals surface area contributed by atoms with Gasteiger partial charge in [-0.1, -0.05) is 66.2 Å². The van der Waals surface area contributed by atoms with Crippen molar-refractivity contribution in [3.05, 3.63) is 131 Å². The maximum absolute atomic E-state index is 13.5. The molecule has 0 saturated heterocycles. The van der Waals surface area contributed by atoms with E-state index < -0.39 is 17.8 Å². The van der Waals surface area contributed by atoms with Gasteiger partial charge in [-0.15, -0.1) is 0 Å². The van der Waals surface area contributed by atoms with E-state index in [1.54, 1.807) is 35.4 Å². The van der Waals surface area contributed by atoms with Gasteiger partial charge in [-0.2, -0.15) is 23.1 Å². The van der Waals surface area contributed by atoms with Gasteiger partial charge in [-0.3, -0.25) is 9.36 Å². The summed E-state index contributed by atoms with van der Waals surface area (Å²) in [5.74, 6) is 0.877. The number of imidazole rings is 1. The standard InChI is InChI=1S/C31H27ClF3N7O/c32-25-8-4-7-23(15-25)19-38-30-40-27(17-28(41-30)42-14-13-36-20-42)39-26(16-21-5-2-1-3-6-21)29(43)37-18-22-9-11-24(12-10-22)31(33,34)35/h1-15,17,20,26H,16,18-19H2,(H,37,43)(H2,38,39,40,41)/t26-/m1/s1. The summed E-state index contributed by atoms with van der Waals surface area (Å²) in [5, 5.41) is 9.89. The molecular formula is C31H27ClF3N7O. The van der Waals surface area contributed by atoms with Gasteiger partial charge in [0.05, 0.1) is 5.56 Å². The summed E-state index contributed by atoms with van der Waals surface area (Å²) in [4.78, 5) is 26.8. The number of benzene rings is 3. The molecule has 43 heavy (non-hydrogen) atoms. The minimum absolute atomic E-state index is 0.0560. The third kappa shape index (κ3) is 8.32. The predicted molar refractivity (Wildman–Crippen MR) is 159 cm³/mol. The average Bonchev–Trinajstić information content (AvgIpc) is 3.54. The molecule has 5 rings (SSSR count). The lowest BCUT2D eigenvalue weighted by molar-refractivity contribution is -0.137. The van der Waals surface area contributed by atoms with Crippen molar-refractivity contribution in [2.45, 2.75) is 31.7 Å². The first-order chi connectivity index (χ1) is 20.7. The molecule has 2 heterocycles. The molecule has 0 saturated carbocycles. The number of halogens is 4. The molecule has 1 atom stereocenters. The summed E-state index contributed by atoms with van der Waals surface area (Å²) >= 11 is 6.13. The molecule has 3 aromatic carbocycles. The van der Waals surface area contributed by atoms with E-state index in [1.807, 2.05) is 48.5 Å². The lowest BCUT2D eigenvalue weighted by Crippen LogP contribution is -2.41. The Morgan fingerprint density at radius 3 is 2.35 bits per heavy atom. The topological polar surface area (TPSA) is 96.8 Å². The first kappa shape index (κ1) is 29.6. The lowest BCUT2D eigenvalue weighted by Gasteiger charge is -2.20. The highest BCUT2D eigenvalue weighted by Gasteiger charge is 2.30. The number of hydrogen-bond donors (Lipinski definition) is 3. The lowest BCUT2D eigenvalue weighted by atomic mass is 10.0. The molecule has 0 fully saturated rings. The molecule has 0 unspecified atom stereocenters. The van der Waals surface area contributed by atoms with Crippen molar-refractivity contribution >= 4 is 29.3 Å². The summed E-state index contributed by atoms with van der Waals surface area (Å²) in [7, 11) is 0. The Bertz CT molecular complexity index is 1650. The molecule has 5 aromatic rings. The molecule has 0 spiro atoms. The molecule has 0 aliphatic heterocycles. The van der Waals surface area contributed by atoms with Gasteiger partial charge in [-0.05, 0) is 41.0 Å². The fourth-order valence-corrected chi connectivity index (χ4v) is 4.52. The maximum Gasteiger partial charge on any atom is 0.416 e. The zero-order valence-corrected chi connectivity index (χ0v) is 23.5. The highest BCUT2D eigenvalue weighted by atomic mass is 35.5. The highest BCUT2D eigenvalue weighted by Crippen LogP contribution is 2.29. The van der Waals surface area contributed by atoms with Gasteiger partial charge in [0.25, 0.3) is 0 Å². The van der Waals surface area contributed by atoms with Crippen LogP contribution in [-0.4, -0.2) is 31.5 Å². The Kier molecular flexibility index (Phi) is 9.21. The summed E-state index contributed by atoms with van der Waals surface area (Å²) in [6, 6.07) is 22.5. The van der Waals surface area contributed by atoms with Crippen LogP contribution in [-0.2, 0) is 30.5 Å². The van der Waals surface area contributed by atoms with Gasteiger partial charge >= 0.3 is 6.18 Å². The third-order valence-corrected chi connectivity index (χ3v) is 6.73. The number of alkyl halides is 3. The first-order valence-corrected chi connectivity index (χ1v) is 13.7. The van der Waals surface area contributed by atoms with Gasteiger partial charge < -0.3 is 16.0 Å². The van der Waals surface area contributed by atoms with Crippen LogP contribution in [0.1, 0.15) is 22.3 Å². The van der Waals surface area contributed by atoms with Gasteiger partial charge in [0, 0.05) is 43.0 Å². The quantitative estimate of drug-likeness (QED) is 0.164. The zero-order valence-electron chi connectivity index (χ0n) is 22.7. The molecule has 0 radical (unpaired) electrons. The average molecular weight is 606 g/mol. The van der Waals surface area contributed by atoms with Gasteiger partial charge in [0.2, 0.25) is 11.9 Å². The van der Waals surface area contributed by atoms with Crippen molar-refractivity contribution in [2.75, 3.05) is 10.6 Å². The Hall–Kier alpha value is -4.90. The van der Waals surface area contributed by atoms with Crippen LogP contribution in [0.4, 0.5) is 24.9 Å². The SMILES string of the molecule is O=C(NCc1ccc(C(F)(F)F)cc1)[C@@H](Cc1ccccc1)Nc1cc(-n2ccnc2)nc(NCc2cccc(Cl)c2)n1. The van der Waals surface area contributed by atoms with E-state index in [1.165, 1.54) is 12.1 Å². The number of aromatic nitrogens is 4. The van der Waals surface area contributed by atoms with E-state index in [9.17, 15) is 18.0 Å². The normalized spacial score (nSPS) is 12.0. The van der Waals surface area contributed by atoms with E-state index in [4.69, 9.17) is 11.6 Å². The number of carbonyl (C=O) groups excluding carboxylic acids is 1. The smallest absolute Gasteiger partial charge is 0.358 e. The summed E-state index contributed by atoms with van der Waals surface area (Å²) < 4.78 is 40.6. The molecule has 1 amide bonds. The third-order valence-electron chi connectivity index (χ3n) is 6.49. The number of hydrogen-bond acceptors (Lipinski definition) is 6. The fraction of sp³-hybridized carbons (Fsp3) is 0.161. The van der Waals surface area contributed by atoms with E-state index in [2.05, 4.69) is 30.9 Å². The van der Waals surface area contributed by atoms with Gasteiger partial charge in [0.15, 0.2) is 0 Å². The number of carbonyl (C=O) groups is 1. The number of rotatable bonds is 11. The number of anilines is 2. The van der Waals surface area contributed by atoms with E-state index >= 15 is 0 Å². The Balaban J connectivity index is 1.37. The van der Waals surface area contributed by atoms with Crippen LogP contribution >= 0.6 is 11.6 Å². The van der Waals surface area contributed by atoms with Crippen molar-refractivity contribution < 1.29 is 18.0 Å². The second-order valence-electron chi connectivity index (χ2n) is 9.69. The van der Waals surface area contributed by atoms with Crippen molar-refractivity contribution in [1.29, 1.82) is 0 Å². The zero-order chi connectivity index (χ0) is 30.2. The summed E-state index contributed by atoms with van der Waals surface area (Å²) in [6.07, 6.45) is 0.869. The molecule has 0 aliphatic rings. The molecule has 2 aromatic heterocycles. The Labute approximate surface area is 251 Å². The van der Waals surface area contributed by atoms with Gasteiger partial charge in [-0.25, -0.2) is 4.98 Å². The Morgan fingerprint density at radius 2 is 1.65 bits per heavy atom. The number of nitrogens with one attached hydrogen (secondary N) is 3. The number of nitrogens with zero attached hydrogens (tertiary/aromatic N) is 4. The Morgan fingerprint density at radius 1 is 0.884 bits per heavy atom. The van der Waals surface area contributed by atoms with E-state index in [0.717, 1.165) is 23.3 Å². The van der Waals surface area contributed by atoms with Crippen LogP contribution in [0, 0.1) is 0 Å². The predicted octanol–water partition coefficient (Wildman–Crippen LogP) is 6.29. The van der Waals surface area contributed by atoms with Gasteiger partial charge in [0.1, 0.15) is 24.0 Å². The van der Waals surface area contributed by atoms with Crippen molar-refractivity contribution in [1.82, 2.24) is 24.8 Å². The molecule has 12 heteroatoms. The first-order valence-electron chi connectivity index (χ1n) is 13.3. The van der Waals surface area contributed by atoms with Crippen LogP contribution in [0.3, 0.4) is 0 Å². The van der Waals surface area contributed by atoms with Crippen molar-refractivity contribution in [3.8, 4) is 5.82 Å².